The first-order chi connectivity index (χ1) is 16.0. The maximum atomic E-state index is 13.2. The first kappa shape index (κ1) is 21.8. The van der Waals surface area contributed by atoms with Crippen molar-refractivity contribution < 1.29 is 33.4 Å². The Morgan fingerprint density at radius 1 is 0.667 bits per heavy atom. The fourth-order valence-corrected chi connectivity index (χ4v) is 3.35. The van der Waals surface area contributed by atoms with Crippen molar-refractivity contribution in [3.63, 3.8) is 0 Å². The zero-order chi connectivity index (χ0) is 23.4. The molecule has 1 heterocycles. The van der Waals surface area contributed by atoms with Crippen molar-refractivity contribution in [1.82, 2.24) is 0 Å². The van der Waals surface area contributed by atoms with E-state index in [2.05, 4.69) is 0 Å². The predicted molar refractivity (Wildman–Crippen MR) is 117 cm³/mol. The van der Waals surface area contributed by atoms with E-state index < -0.39 is 36.0 Å². The van der Waals surface area contributed by atoms with Gasteiger partial charge in [0, 0.05) is 0 Å². The summed E-state index contributed by atoms with van der Waals surface area (Å²) in [4.78, 5) is 52.4. The minimum absolute atomic E-state index is 0.189. The fraction of sp³-hybridized carbons (Fsp3) is 0.120. The molecule has 166 valence electrons. The van der Waals surface area contributed by atoms with E-state index in [0.717, 1.165) is 4.90 Å². The normalized spacial score (nSPS) is 17.5. The highest BCUT2D eigenvalue weighted by molar-refractivity contribution is 6.25. The summed E-state index contributed by atoms with van der Waals surface area (Å²) in [5.74, 6) is -2.75. The number of esters is 2. The van der Waals surface area contributed by atoms with Crippen molar-refractivity contribution >= 4 is 29.4 Å². The summed E-state index contributed by atoms with van der Waals surface area (Å²) in [6, 6.07) is 22.2. The average molecular weight is 445 g/mol. The SMILES string of the molecule is COc1ccc(N2C(=O)[C@@H](OC(=O)c3ccccc3)[C@@H](OC(=O)c3ccccc3)C2=O)cc1. The van der Waals surface area contributed by atoms with Crippen LogP contribution in [0.15, 0.2) is 84.9 Å². The van der Waals surface area contributed by atoms with Crippen LogP contribution in [0.2, 0.25) is 0 Å². The van der Waals surface area contributed by atoms with E-state index in [0.29, 0.717) is 5.75 Å². The smallest absolute Gasteiger partial charge is 0.339 e. The standard InChI is InChI=1S/C25H19NO7/c1-31-19-14-12-18(13-15-19)26-22(27)20(32-24(29)16-8-4-2-5-9-16)21(23(26)28)33-25(30)17-10-6-3-7-11-17/h2-15,20-21H,1H3/t20-,21+. The number of rotatable bonds is 6. The summed E-state index contributed by atoms with van der Waals surface area (Å²) in [6.45, 7) is 0. The van der Waals surface area contributed by atoms with E-state index in [9.17, 15) is 19.2 Å². The van der Waals surface area contributed by atoms with Crippen LogP contribution < -0.4 is 9.64 Å². The molecule has 0 spiro atoms. The maximum Gasteiger partial charge on any atom is 0.339 e. The molecule has 0 N–H and O–H groups in total. The molecule has 8 nitrogen and oxygen atoms in total. The number of anilines is 1. The van der Waals surface area contributed by atoms with Gasteiger partial charge in [0.2, 0.25) is 12.2 Å². The molecule has 0 aliphatic carbocycles. The van der Waals surface area contributed by atoms with Crippen molar-refractivity contribution in [3.8, 4) is 5.75 Å². The van der Waals surface area contributed by atoms with Crippen LogP contribution in [0, 0.1) is 0 Å². The van der Waals surface area contributed by atoms with E-state index in [4.69, 9.17) is 14.2 Å². The second-order valence-electron chi connectivity index (χ2n) is 7.09. The minimum Gasteiger partial charge on any atom is -0.497 e. The van der Waals surface area contributed by atoms with Crippen molar-refractivity contribution in [2.75, 3.05) is 12.0 Å². The molecule has 0 bridgehead atoms. The van der Waals surface area contributed by atoms with Crippen molar-refractivity contribution in [1.29, 1.82) is 0 Å². The summed E-state index contributed by atoms with van der Waals surface area (Å²) in [5.41, 5.74) is 0.604. The number of carbonyl (C=O) groups excluding carboxylic acids is 4. The molecule has 3 aromatic carbocycles. The number of benzene rings is 3. The monoisotopic (exact) mass is 445 g/mol. The average Bonchev–Trinajstić information content (AvgIpc) is 3.09. The Morgan fingerprint density at radius 2 is 1.09 bits per heavy atom. The molecule has 4 rings (SSSR count). The third-order valence-electron chi connectivity index (χ3n) is 5.02. The molecule has 0 aromatic heterocycles. The van der Waals surface area contributed by atoms with Gasteiger partial charge in [-0.25, -0.2) is 14.5 Å². The molecule has 8 heteroatoms. The van der Waals surface area contributed by atoms with Gasteiger partial charge < -0.3 is 14.2 Å². The zero-order valence-electron chi connectivity index (χ0n) is 17.5. The molecule has 0 unspecified atom stereocenters. The van der Waals surface area contributed by atoms with Crippen molar-refractivity contribution in [2.24, 2.45) is 0 Å². The third kappa shape index (κ3) is 4.45. The number of hydrogen-bond donors (Lipinski definition) is 0. The van der Waals surface area contributed by atoms with E-state index in [1.165, 1.54) is 43.5 Å². The molecule has 0 saturated carbocycles. The largest absolute Gasteiger partial charge is 0.497 e. The number of carbonyl (C=O) groups is 4. The molecule has 3 aromatic rings. The number of imide groups is 1. The number of amides is 2. The summed E-state index contributed by atoms with van der Waals surface area (Å²) in [5, 5.41) is 0. The topological polar surface area (TPSA) is 99.2 Å². The first-order valence-electron chi connectivity index (χ1n) is 10.0. The van der Waals surface area contributed by atoms with E-state index in [-0.39, 0.29) is 16.8 Å². The van der Waals surface area contributed by atoms with Gasteiger partial charge in [-0.2, -0.15) is 0 Å². The number of hydrogen-bond acceptors (Lipinski definition) is 7. The summed E-state index contributed by atoms with van der Waals surface area (Å²) in [6.07, 6.45) is -3.28. The van der Waals surface area contributed by atoms with Crippen LogP contribution in [-0.4, -0.2) is 43.1 Å². The molecule has 1 aliphatic rings. The lowest BCUT2D eigenvalue weighted by atomic mass is 10.2. The van der Waals surface area contributed by atoms with Crippen LogP contribution in [0.4, 0.5) is 5.69 Å². The van der Waals surface area contributed by atoms with Crippen molar-refractivity contribution in [3.05, 3.63) is 96.1 Å². The highest BCUT2D eigenvalue weighted by Gasteiger charge is 2.53. The lowest BCUT2D eigenvalue weighted by Gasteiger charge is -2.16. The Bertz CT molecular complexity index is 1100. The number of ether oxygens (including phenoxy) is 3. The van der Waals surface area contributed by atoms with Gasteiger partial charge in [-0.1, -0.05) is 36.4 Å². The molecule has 2 amide bonds. The van der Waals surface area contributed by atoms with Crippen LogP contribution >= 0.6 is 0 Å². The van der Waals surface area contributed by atoms with Gasteiger partial charge in [-0.05, 0) is 48.5 Å². The quantitative estimate of drug-likeness (QED) is 0.425. The lowest BCUT2D eigenvalue weighted by molar-refractivity contribution is -0.130. The maximum absolute atomic E-state index is 13.2. The minimum atomic E-state index is -1.64. The zero-order valence-corrected chi connectivity index (χ0v) is 17.5. The molecule has 0 radical (unpaired) electrons. The molecule has 1 saturated heterocycles. The Labute approximate surface area is 189 Å². The van der Waals surface area contributed by atoms with Crippen LogP contribution in [-0.2, 0) is 19.1 Å². The number of nitrogens with zero attached hydrogens (tertiary/aromatic N) is 1. The second-order valence-corrected chi connectivity index (χ2v) is 7.09. The lowest BCUT2D eigenvalue weighted by Crippen LogP contribution is -2.37. The van der Waals surface area contributed by atoms with E-state index in [1.807, 2.05) is 0 Å². The van der Waals surface area contributed by atoms with E-state index in [1.54, 1.807) is 48.5 Å². The second kappa shape index (κ2) is 9.35. The summed E-state index contributed by atoms with van der Waals surface area (Å²) >= 11 is 0. The summed E-state index contributed by atoms with van der Waals surface area (Å²) < 4.78 is 15.9. The third-order valence-corrected chi connectivity index (χ3v) is 5.02. The Morgan fingerprint density at radius 3 is 1.48 bits per heavy atom. The van der Waals surface area contributed by atoms with Gasteiger partial charge in [0.1, 0.15) is 5.75 Å². The van der Waals surface area contributed by atoms with E-state index >= 15 is 0 Å². The predicted octanol–water partition coefficient (Wildman–Crippen LogP) is 3.02. The molecular weight excluding hydrogens is 426 g/mol. The first-order valence-corrected chi connectivity index (χ1v) is 10.0. The Kier molecular flexibility index (Phi) is 6.17. The molecule has 1 aliphatic heterocycles. The van der Waals surface area contributed by atoms with Crippen LogP contribution in [0.25, 0.3) is 0 Å². The Hall–Kier alpha value is -4.46. The molecular formula is C25H19NO7. The summed E-state index contributed by atoms with van der Waals surface area (Å²) in [7, 11) is 1.49. The highest BCUT2D eigenvalue weighted by atomic mass is 16.6. The van der Waals surface area contributed by atoms with Gasteiger partial charge in [0.25, 0.3) is 11.8 Å². The van der Waals surface area contributed by atoms with Gasteiger partial charge in [0.15, 0.2) is 0 Å². The fourth-order valence-electron chi connectivity index (χ4n) is 3.35. The number of methoxy groups -OCH3 is 1. The van der Waals surface area contributed by atoms with Gasteiger partial charge in [0.05, 0.1) is 23.9 Å². The van der Waals surface area contributed by atoms with Crippen LogP contribution in [0.3, 0.4) is 0 Å². The molecule has 1 fully saturated rings. The molecule has 2 atom stereocenters. The molecule has 33 heavy (non-hydrogen) atoms. The van der Waals surface area contributed by atoms with Gasteiger partial charge >= 0.3 is 11.9 Å². The van der Waals surface area contributed by atoms with Gasteiger partial charge in [-0.15, -0.1) is 0 Å². The van der Waals surface area contributed by atoms with Crippen molar-refractivity contribution in [2.45, 2.75) is 12.2 Å². The Balaban J connectivity index is 1.65. The highest BCUT2D eigenvalue weighted by Crippen LogP contribution is 2.29. The van der Waals surface area contributed by atoms with Crippen LogP contribution in [0.5, 0.6) is 5.75 Å². The van der Waals surface area contributed by atoms with Gasteiger partial charge in [-0.3, -0.25) is 9.59 Å². The van der Waals surface area contributed by atoms with Crippen LogP contribution in [0.1, 0.15) is 20.7 Å².